The molecule has 0 radical (unpaired) electrons. The van der Waals surface area contributed by atoms with Gasteiger partial charge in [-0.05, 0) is 63.5 Å². The number of hydrogen-bond acceptors (Lipinski definition) is 14. The van der Waals surface area contributed by atoms with E-state index < -0.39 is 73.5 Å². The molecule has 14 nitrogen and oxygen atoms in total. The van der Waals surface area contributed by atoms with Crippen LogP contribution in [0.4, 0.5) is 0 Å². The molecule has 0 amide bonds. The van der Waals surface area contributed by atoms with Crippen molar-refractivity contribution < 1.29 is 66.4 Å². The summed E-state index contributed by atoms with van der Waals surface area (Å²) >= 11 is 0. The first-order chi connectivity index (χ1) is 33.4. The monoisotopic (exact) mass is 969 g/mol. The van der Waals surface area contributed by atoms with Crippen molar-refractivity contribution in [1.82, 2.24) is 0 Å². The van der Waals surface area contributed by atoms with Crippen LogP contribution in [0.25, 0.3) is 0 Å². The van der Waals surface area contributed by atoms with Crippen molar-refractivity contribution >= 4 is 5.97 Å². The molecule has 1 aromatic carbocycles. The average Bonchev–Trinajstić information content (AvgIpc) is 3.35. The lowest BCUT2D eigenvalue weighted by Gasteiger charge is -2.46. The van der Waals surface area contributed by atoms with Gasteiger partial charge in [0.1, 0.15) is 54.9 Å². The minimum Gasteiger partial charge on any atom is -0.454 e. The summed E-state index contributed by atoms with van der Waals surface area (Å²) in [7, 11) is 0. The zero-order valence-corrected chi connectivity index (χ0v) is 43.8. The Balaban J connectivity index is 2.02. The van der Waals surface area contributed by atoms with Gasteiger partial charge in [0.05, 0.1) is 32.0 Å². The topological polar surface area (TPSA) is 137 Å². The van der Waals surface area contributed by atoms with Gasteiger partial charge in [0.25, 0.3) is 0 Å². The maximum absolute atomic E-state index is 13.9. The number of unbranched alkanes of at least 4 members (excludes halogenated alkanes) is 8. The zero-order chi connectivity index (χ0) is 49.0. The van der Waals surface area contributed by atoms with E-state index in [1.165, 1.54) is 0 Å². The van der Waals surface area contributed by atoms with Crippen LogP contribution >= 0.6 is 0 Å². The highest BCUT2D eigenvalue weighted by molar-refractivity contribution is 5.89. The standard InChI is InChI=1S/C54H96O14/c1-9-17-30-56-40-44-46(58-32-19-11-3)48(60-34-21-13-5)50(62-36-23-15-7)53(67-44)64-38-43(66-52(55)42-28-26-25-27-29-42)39-65-54-51(63-37-24-16-8)49(61-35-22-14-6)47(59-33-20-12-4)45(68-54)41-57-31-18-10-2/h25-29,43-51,53-54H,9-24,30-41H2,1-8H3. The number of hydrogen-bond donors (Lipinski definition) is 0. The summed E-state index contributed by atoms with van der Waals surface area (Å²) in [6, 6.07) is 8.93. The van der Waals surface area contributed by atoms with Crippen molar-refractivity contribution in [3.8, 4) is 0 Å². The first-order valence-electron chi connectivity index (χ1n) is 27.1. The lowest BCUT2D eigenvalue weighted by atomic mass is 9.98. The third-order valence-electron chi connectivity index (χ3n) is 12.1. The summed E-state index contributed by atoms with van der Waals surface area (Å²) < 4.78 is 85.8. The summed E-state index contributed by atoms with van der Waals surface area (Å²) in [4.78, 5) is 13.9. The van der Waals surface area contributed by atoms with Crippen molar-refractivity contribution in [2.24, 2.45) is 0 Å². The Morgan fingerprint density at radius 2 is 0.750 bits per heavy atom. The van der Waals surface area contributed by atoms with Crippen molar-refractivity contribution in [2.75, 3.05) is 79.3 Å². The molecule has 2 aliphatic rings. The molecule has 10 unspecified atom stereocenters. The number of rotatable bonds is 42. The molecule has 0 saturated carbocycles. The summed E-state index contributed by atoms with van der Waals surface area (Å²) in [5.41, 5.74) is 0.406. The second kappa shape index (κ2) is 38.8. The molecular formula is C54H96O14. The highest BCUT2D eigenvalue weighted by Gasteiger charge is 2.51. The molecule has 2 fully saturated rings. The van der Waals surface area contributed by atoms with Gasteiger partial charge < -0.3 is 61.6 Å². The fourth-order valence-electron chi connectivity index (χ4n) is 7.82. The minimum absolute atomic E-state index is 0.0832. The van der Waals surface area contributed by atoms with Crippen molar-refractivity contribution in [2.45, 2.75) is 226 Å². The summed E-state index contributed by atoms with van der Waals surface area (Å²) in [6.45, 7) is 21.9. The van der Waals surface area contributed by atoms with Gasteiger partial charge in [0.2, 0.25) is 0 Å². The number of ether oxygens (including phenoxy) is 13. The fourth-order valence-corrected chi connectivity index (χ4v) is 7.82. The molecule has 3 rings (SSSR count). The Morgan fingerprint density at radius 3 is 1.10 bits per heavy atom. The third-order valence-corrected chi connectivity index (χ3v) is 12.1. The minimum atomic E-state index is -0.906. The van der Waals surface area contributed by atoms with Crippen LogP contribution in [0.1, 0.15) is 168 Å². The van der Waals surface area contributed by atoms with E-state index in [4.69, 9.17) is 61.6 Å². The van der Waals surface area contributed by atoms with E-state index in [2.05, 4.69) is 55.4 Å². The maximum atomic E-state index is 13.9. The van der Waals surface area contributed by atoms with Gasteiger partial charge in [0, 0.05) is 52.9 Å². The molecule has 0 bridgehead atoms. The molecule has 0 aliphatic carbocycles. The molecule has 2 saturated heterocycles. The van der Waals surface area contributed by atoms with E-state index in [1.54, 1.807) is 12.1 Å². The predicted molar refractivity (Wildman–Crippen MR) is 264 cm³/mol. The summed E-state index contributed by atoms with van der Waals surface area (Å²) in [6.07, 6.45) is 8.11. The third kappa shape index (κ3) is 22.7. The van der Waals surface area contributed by atoms with Gasteiger partial charge in [-0.3, -0.25) is 0 Å². The molecule has 68 heavy (non-hydrogen) atoms. The van der Waals surface area contributed by atoms with Crippen molar-refractivity contribution in [3.05, 3.63) is 35.9 Å². The van der Waals surface area contributed by atoms with Crippen LogP contribution in [0.3, 0.4) is 0 Å². The predicted octanol–water partition coefficient (Wildman–Crippen LogP) is 10.4. The quantitative estimate of drug-likeness (QED) is 0.0454. The van der Waals surface area contributed by atoms with E-state index in [1.807, 2.05) is 18.2 Å². The van der Waals surface area contributed by atoms with Gasteiger partial charge in [-0.25, -0.2) is 4.79 Å². The van der Waals surface area contributed by atoms with Crippen LogP contribution in [-0.2, 0) is 61.6 Å². The number of esters is 1. The molecule has 2 heterocycles. The highest BCUT2D eigenvalue weighted by Crippen LogP contribution is 2.33. The Kier molecular flexibility index (Phi) is 34.6. The van der Waals surface area contributed by atoms with Gasteiger partial charge in [-0.2, -0.15) is 0 Å². The molecular weight excluding hydrogens is 873 g/mol. The Hall–Kier alpha value is -1.79. The van der Waals surface area contributed by atoms with E-state index in [0.29, 0.717) is 71.6 Å². The Bertz CT molecular complexity index is 1250. The SMILES string of the molecule is CCCCOCC1OC(OCC(COC2OC(COCCCC)C(OCCCC)C(OCCCC)C2OCCCC)OC(=O)c2ccccc2)C(OCCCC)C(OCCCC)C1OCCCC. The smallest absolute Gasteiger partial charge is 0.338 e. The summed E-state index contributed by atoms with van der Waals surface area (Å²) in [5.74, 6) is -0.511. The first kappa shape index (κ1) is 60.5. The van der Waals surface area contributed by atoms with E-state index >= 15 is 0 Å². The summed E-state index contributed by atoms with van der Waals surface area (Å²) in [5, 5.41) is 0. The van der Waals surface area contributed by atoms with Crippen molar-refractivity contribution in [3.63, 3.8) is 0 Å². The first-order valence-corrected chi connectivity index (χ1v) is 27.1. The molecule has 10 atom stereocenters. The Morgan fingerprint density at radius 1 is 0.426 bits per heavy atom. The van der Waals surface area contributed by atoms with Crippen LogP contribution in [-0.4, -0.2) is 153 Å². The zero-order valence-electron chi connectivity index (χ0n) is 43.8. The van der Waals surface area contributed by atoms with Gasteiger partial charge >= 0.3 is 5.97 Å². The molecule has 2 aliphatic heterocycles. The molecule has 14 heteroatoms. The molecule has 0 aromatic heterocycles. The highest BCUT2D eigenvalue weighted by atomic mass is 16.7. The molecule has 0 N–H and O–H groups in total. The van der Waals surface area contributed by atoms with Crippen molar-refractivity contribution in [1.29, 1.82) is 0 Å². The second-order valence-electron chi connectivity index (χ2n) is 18.1. The van der Waals surface area contributed by atoms with Gasteiger partial charge in [-0.15, -0.1) is 0 Å². The number of carbonyl (C=O) groups excluding carboxylic acids is 1. The second-order valence-corrected chi connectivity index (χ2v) is 18.1. The number of benzene rings is 1. The van der Waals surface area contributed by atoms with E-state index in [0.717, 1.165) is 103 Å². The van der Waals surface area contributed by atoms with Crippen LogP contribution in [0, 0.1) is 0 Å². The average molecular weight is 969 g/mol. The van der Waals surface area contributed by atoms with Crippen LogP contribution < -0.4 is 0 Å². The van der Waals surface area contributed by atoms with E-state index in [-0.39, 0.29) is 13.2 Å². The van der Waals surface area contributed by atoms with Crippen LogP contribution in [0.15, 0.2) is 30.3 Å². The Labute approximate surface area is 412 Å². The maximum Gasteiger partial charge on any atom is 0.338 e. The largest absolute Gasteiger partial charge is 0.454 e. The molecule has 0 spiro atoms. The lowest BCUT2D eigenvalue weighted by molar-refractivity contribution is -0.334. The van der Waals surface area contributed by atoms with Crippen LogP contribution in [0.2, 0.25) is 0 Å². The van der Waals surface area contributed by atoms with E-state index in [9.17, 15) is 4.79 Å². The molecule has 1 aromatic rings. The lowest BCUT2D eigenvalue weighted by Crippen LogP contribution is -2.63. The molecule has 396 valence electrons. The fraction of sp³-hybridized carbons (Fsp3) is 0.870. The number of carbonyl (C=O) groups is 1. The van der Waals surface area contributed by atoms with Crippen LogP contribution in [0.5, 0.6) is 0 Å². The van der Waals surface area contributed by atoms with Gasteiger partial charge in [0.15, 0.2) is 12.6 Å². The van der Waals surface area contributed by atoms with Gasteiger partial charge in [-0.1, -0.05) is 125 Å². The normalized spacial score (nSPS) is 25.7.